The number of nitrogens with two attached hydrogens (primary N) is 1. The minimum Gasteiger partial charge on any atom is -0.327 e. The zero-order chi connectivity index (χ0) is 13.8. The first-order chi connectivity index (χ1) is 9.06. The average Bonchev–Trinajstić information content (AvgIpc) is 2.37. The number of nitrogens with zero attached hydrogens (tertiary/aromatic N) is 1. The second kappa shape index (κ2) is 7.45. The molecule has 1 aromatic heterocycles. The van der Waals surface area contributed by atoms with E-state index >= 15 is 0 Å². The van der Waals surface area contributed by atoms with Crippen molar-refractivity contribution in [3.8, 4) is 0 Å². The van der Waals surface area contributed by atoms with E-state index in [1.54, 1.807) is 19.3 Å². The van der Waals surface area contributed by atoms with Crippen LogP contribution < -0.4 is 16.6 Å². The normalized spacial score (nSPS) is 21.9. The van der Waals surface area contributed by atoms with Gasteiger partial charge in [0.15, 0.2) is 0 Å². The Balaban J connectivity index is 0.00000200. The standard InChI is InChI=1S/C14H21N3O2.ClH/c1-17-9-11(6-7-14(17)19)16-13(18)8-10-4-2-3-5-12(10)15;/h6-7,9-10,12H,2-5,8,15H2,1H3,(H,16,18);1H. The number of pyridine rings is 1. The summed E-state index contributed by atoms with van der Waals surface area (Å²) < 4.78 is 1.45. The van der Waals surface area contributed by atoms with E-state index < -0.39 is 0 Å². The molecule has 2 atom stereocenters. The highest BCUT2D eigenvalue weighted by atomic mass is 35.5. The fraction of sp³-hybridized carbons (Fsp3) is 0.571. The molecule has 20 heavy (non-hydrogen) atoms. The van der Waals surface area contributed by atoms with Crippen molar-refractivity contribution < 1.29 is 4.79 Å². The monoisotopic (exact) mass is 299 g/mol. The van der Waals surface area contributed by atoms with E-state index in [1.807, 2.05) is 0 Å². The van der Waals surface area contributed by atoms with Gasteiger partial charge in [0.25, 0.3) is 0 Å². The predicted octanol–water partition coefficient (Wildman–Crippen LogP) is 1.65. The van der Waals surface area contributed by atoms with Crippen molar-refractivity contribution in [3.63, 3.8) is 0 Å². The van der Waals surface area contributed by atoms with E-state index in [0.29, 0.717) is 12.1 Å². The molecule has 112 valence electrons. The number of nitrogens with one attached hydrogen (secondary N) is 1. The van der Waals surface area contributed by atoms with Crippen molar-refractivity contribution in [3.05, 3.63) is 28.7 Å². The van der Waals surface area contributed by atoms with Crippen LogP contribution in [0.2, 0.25) is 0 Å². The van der Waals surface area contributed by atoms with E-state index in [4.69, 9.17) is 5.73 Å². The second-order valence-electron chi connectivity index (χ2n) is 5.33. The lowest BCUT2D eigenvalue weighted by atomic mass is 9.83. The highest BCUT2D eigenvalue weighted by Gasteiger charge is 2.24. The van der Waals surface area contributed by atoms with Crippen molar-refractivity contribution in [2.24, 2.45) is 18.7 Å². The molecule has 0 spiro atoms. The third-order valence-electron chi connectivity index (χ3n) is 3.79. The number of amides is 1. The third-order valence-corrected chi connectivity index (χ3v) is 3.79. The summed E-state index contributed by atoms with van der Waals surface area (Å²) in [6.45, 7) is 0. The Labute approximate surface area is 125 Å². The number of rotatable bonds is 3. The van der Waals surface area contributed by atoms with Crippen LogP contribution in [0.5, 0.6) is 0 Å². The maximum Gasteiger partial charge on any atom is 0.250 e. The first-order valence-electron chi connectivity index (χ1n) is 6.78. The lowest BCUT2D eigenvalue weighted by Crippen LogP contribution is -2.35. The summed E-state index contributed by atoms with van der Waals surface area (Å²) in [4.78, 5) is 23.2. The summed E-state index contributed by atoms with van der Waals surface area (Å²) in [5, 5.41) is 2.82. The van der Waals surface area contributed by atoms with E-state index in [9.17, 15) is 9.59 Å². The molecule has 6 heteroatoms. The first kappa shape index (κ1) is 16.7. The third kappa shape index (κ3) is 4.35. The van der Waals surface area contributed by atoms with Gasteiger partial charge in [-0.2, -0.15) is 0 Å². The summed E-state index contributed by atoms with van der Waals surface area (Å²) >= 11 is 0. The molecule has 5 nitrogen and oxygen atoms in total. The summed E-state index contributed by atoms with van der Waals surface area (Å²) in [5.41, 5.74) is 6.60. The molecular formula is C14H22ClN3O2. The number of hydrogen-bond donors (Lipinski definition) is 2. The summed E-state index contributed by atoms with van der Waals surface area (Å²) in [6.07, 6.45) is 6.45. The van der Waals surface area contributed by atoms with Crippen molar-refractivity contribution >= 4 is 24.0 Å². The van der Waals surface area contributed by atoms with Crippen LogP contribution in [0.1, 0.15) is 32.1 Å². The second-order valence-corrected chi connectivity index (χ2v) is 5.33. The van der Waals surface area contributed by atoms with Crippen LogP contribution in [0, 0.1) is 5.92 Å². The fourth-order valence-corrected chi connectivity index (χ4v) is 2.61. The molecule has 1 fully saturated rings. The molecular weight excluding hydrogens is 278 g/mol. The van der Waals surface area contributed by atoms with Crippen molar-refractivity contribution in [2.45, 2.75) is 38.1 Å². The maximum atomic E-state index is 12.0. The van der Waals surface area contributed by atoms with Gasteiger partial charge in [0.2, 0.25) is 11.5 Å². The van der Waals surface area contributed by atoms with Crippen LogP contribution in [0.15, 0.2) is 23.1 Å². The molecule has 3 N–H and O–H groups in total. The van der Waals surface area contributed by atoms with Crippen LogP contribution in [0.25, 0.3) is 0 Å². The van der Waals surface area contributed by atoms with E-state index in [0.717, 1.165) is 19.3 Å². The number of carbonyl (C=O) groups is 1. The lowest BCUT2D eigenvalue weighted by molar-refractivity contribution is -0.117. The van der Waals surface area contributed by atoms with Crippen molar-refractivity contribution in [2.75, 3.05) is 5.32 Å². The summed E-state index contributed by atoms with van der Waals surface area (Å²) in [7, 11) is 1.66. The molecule has 0 aromatic carbocycles. The Morgan fingerprint density at radius 3 is 2.75 bits per heavy atom. The molecule has 0 saturated heterocycles. The Morgan fingerprint density at radius 2 is 2.10 bits per heavy atom. The van der Waals surface area contributed by atoms with Crippen molar-refractivity contribution in [1.82, 2.24) is 4.57 Å². The minimum absolute atomic E-state index is 0. The van der Waals surface area contributed by atoms with Gasteiger partial charge in [-0.3, -0.25) is 9.59 Å². The summed E-state index contributed by atoms with van der Waals surface area (Å²) in [5.74, 6) is 0.252. The molecule has 1 aliphatic rings. The SMILES string of the molecule is Cl.Cn1cc(NC(=O)CC2CCCCC2N)ccc1=O. The number of anilines is 1. The van der Waals surface area contributed by atoms with Crippen LogP contribution in [-0.4, -0.2) is 16.5 Å². The number of carbonyl (C=O) groups excluding carboxylic acids is 1. The molecule has 1 amide bonds. The largest absolute Gasteiger partial charge is 0.327 e. The van der Waals surface area contributed by atoms with Crippen molar-refractivity contribution in [1.29, 1.82) is 0 Å². The van der Waals surface area contributed by atoms with Crippen LogP contribution in [0.3, 0.4) is 0 Å². The highest BCUT2D eigenvalue weighted by molar-refractivity contribution is 5.90. The number of hydrogen-bond acceptors (Lipinski definition) is 3. The zero-order valence-corrected chi connectivity index (χ0v) is 12.5. The van der Waals surface area contributed by atoms with E-state index in [2.05, 4.69) is 5.32 Å². The van der Waals surface area contributed by atoms with Gasteiger partial charge >= 0.3 is 0 Å². The van der Waals surface area contributed by atoms with Gasteiger partial charge in [-0.05, 0) is 24.8 Å². The van der Waals surface area contributed by atoms with Gasteiger partial charge in [-0.1, -0.05) is 12.8 Å². The topological polar surface area (TPSA) is 77.1 Å². The minimum atomic E-state index is -0.0905. The smallest absolute Gasteiger partial charge is 0.250 e. The predicted molar refractivity (Wildman–Crippen MR) is 82.1 cm³/mol. The Hall–Kier alpha value is -1.33. The van der Waals surface area contributed by atoms with Gasteiger partial charge in [0.05, 0.1) is 5.69 Å². The van der Waals surface area contributed by atoms with Crippen LogP contribution in [-0.2, 0) is 11.8 Å². The van der Waals surface area contributed by atoms with Gasteiger partial charge in [-0.15, -0.1) is 12.4 Å². The Morgan fingerprint density at radius 1 is 1.40 bits per heavy atom. The van der Waals surface area contributed by atoms with E-state index in [-0.39, 0.29) is 35.8 Å². The average molecular weight is 300 g/mol. The van der Waals surface area contributed by atoms with Gasteiger partial charge in [0, 0.05) is 31.8 Å². The molecule has 0 bridgehead atoms. The van der Waals surface area contributed by atoms with Gasteiger partial charge in [-0.25, -0.2) is 0 Å². The molecule has 2 rings (SSSR count). The molecule has 1 heterocycles. The van der Waals surface area contributed by atoms with Gasteiger partial charge in [0.1, 0.15) is 0 Å². The van der Waals surface area contributed by atoms with Gasteiger partial charge < -0.3 is 15.6 Å². The lowest BCUT2D eigenvalue weighted by Gasteiger charge is -2.27. The number of halogens is 1. The van der Waals surface area contributed by atoms with Crippen LogP contribution >= 0.6 is 12.4 Å². The maximum absolute atomic E-state index is 12.0. The highest BCUT2D eigenvalue weighted by Crippen LogP contribution is 2.25. The first-order valence-corrected chi connectivity index (χ1v) is 6.78. The molecule has 1 aromatic rings. The molecule has 2 unspecified atom stereocenters. The summed E-state index contributed by atoms with van der Waals surface area (Å²) in [6, 6.07) is 3.21. The molecule has 0 aliphatic heterocycles. The molecule has 1 saturated carbocycles. The number of aromatic nitrogens is 1. The fourth-order valence-electron chi connectivity index (χ4n) is 2.61. The quantitative estimate of drug-likeness (QED) is 0.891. The Kier molecular flexibility index (Phi) is 6.23. The van der Waals surface area contributed by atoms with Crippen LogP contribution in [0.4, 0.5) is 5.69 Å². The molecule has 0 radical (unpaired) electrons. The molecule has 1 aliphatic carbocycles. The number of aryl methyl sites for hydroxylation is 1. The van der Waals surface area contributed by atoms with E-state index in [1.165, 1.54) is 17.1 Å². The Bertz CT molecular complexity index is 515. The zero-order valence-electron chi connectivity index (χ0n) is 11.7.